The zero-order valence-electron chi connectivity index (χ0n) is 19.0. The van der Waals surface area contributed by atoms with Crippen LogP contribution >= 0.6 is 11.3 Å². The number of pyridine rings is 1. The first-order valence-electron chi connectivity index (χ1n) is 11.2. The summed E-state index contributed by atoms with van der Waals surface area (Å²) in [6.07, 6.45) is 6.09. The van der Waals surface area contributed by atoms with Crippen LogP contribution in [0.25, 0.3) is 4.96 Å². The molecule has 0 aliphatic rings. The molecule has 3 aromatic heterocycles. The Balaban J connectivity index is 1.39. The SMILES string of the molecule is CCCCN(Cc1ccccc1)Cc1ccc(C(=O)NCc2cn3cc(C)sc3n2)c(=O)[nH]1. The van der Waals surface area contributed by atoms with Crippen LogP contribution in [0.1, 0.15) is 52.0 Å². The van der Waals surface area contributed by atoms with Crippen molar-refractivity contribution in [2.45, 2.75) is 46.3 Å². The predicted molar refractivity (Wildman–Crippen MR) is 132 cm³/mol. The third-order valence-corrected chi connectivity index (χ3v) is 6.35. The Bertz CT molecular complexity index is 1240. The summed E-state index contributed by atoms with van der Waals surface area (Å²) in [6.45, 7) is 6.85. The van der Waals surface area contributed by atoms with Gasteiger partial charge in [0.15, 0.2) is 4.96 Å². The lowest BCUT2D eigenvalue weighted by molar-refractivity contribution is 0.0949. The highest BCUT2D eigenvalue weighted by Crippen LogP contribution is 2.16. The molecule has 8 heteroatoms. The molecule has 1 amide bonds. The fourth-order valence-electron chi connectivity index (χ4n) is 3.77. The molecule has 0 aliphatic carbocycles. The third-order valence-electron chi connectivity index (χ3n) is 5.44. The topological polar surface area (TPSA) is 82.5 Å². The molecule has 172 valence electrons. The van der Waals surface area contributed by atoms with E-state index in [9.17, 15) is 9.59 Å². The normalized spacial score (nSPS) is 11.4. The molecule has 0 saturated carbocycles. The lowest BCUT2D eigenvalue weighted by Crippen LogP contribution is -2.31. The Hall–Kier alpha value is -3.23. The van der Waals surface area contributed by atoms with E-state index in [2.05, 4.69) is 39.2 Å². The van der Waals surface area contributed by atoms with Gasteiger partial charge in [-0.15, -0.1) is 11.3 Å². The summed E-state index contributed by atoms with van der Waals surface area (Å²) in [5.41, 5.74) is 2.53. The summed E-state index contributed by atoms with van der Waals surface area (Å²) in [6, 6.07) is 13.7. The first-order valence-corrected chi connectivity index (χ1v) is 12.0. The second-order valence-electron chi connectivity index (χ2n) is 8.22. The van der Waals surface area contributed by atoms with Crippen molar-refractivity contribution >= 4 is 22.2 Å². The number of hydrogen-bond acceptors (Lipinski definition) is 5. The first kappa shape index (κ1) is 22.9. The molecular weight excluding hydrogens is 434 g/mol. The number of unbranched alkanes of at least 4 members (excludes halogenated alkanes) is 1. The molecule has 0 saturated heterocycles. The number of amides is 1. The van der Waals surface area contributed by atoms with Gasteiger partial charge < -0.3 is 10.3 Å². The highest BCUT2D eigenvalue weighted by atomic mass is 32.1. The quantitative estimate of drug-likeness (QED) is 0.371. The molecule has 7 nitrogen and oxygen atoms in total. The van der Waals surface area contributed by atoms with Gasteiger partial charge >= 0.3 is 0 Å². The second-order valence-corrected chi connectivity index (χ2v) is 9.44. The van der Waals surface area contributed by atoms with Crippen molar-refractivity contribution in [2.24, 2.45) is 0 Å². The number of hydrogen-bond donors (Lipinski definition) is 2. The summed E-state index contributed by atoms with van der Waals surface area (Å²) in [4.78, 5) is 37.0. The Kier molecular flexibility index (Phi) is 7.36. The zero-order valence-corrected chi connectivity index (χ0v) is 19.8. The van der Waals surface area contributed by atoms with Crippen LogP contribution in [0, 0.1) is 6.92 Å². The molecule has 4 rings (SSSR count). The third kappa shape index (κ3) is 5.97. The van der Waals surface area contributed by atoms with Gasteiger partial charge in [0.2, 0.25) is 0 Å². The molecule has 0 fully saturated rings. The van der Waals surface area contributed by atoms with Crippen molar-refractivity contribution in [3.8, 4) is 0 Å². The molecular formula is C25H29N5O2S. The monoisotopic (exact) mass is 463 g/mol. The van der Waals surface area contributed by atoms with Gasteiger partial charge in [-0.05, 0) is 37.6 Å². The van der Waals surface area contributed by atoms with Crippen molar-refractivity contribution in [3.63, 3.8) is 0 Å². The largest absolute Gasteiger partial charge is 0.346 e. The number of benzene rings is 1. The molecule has 2 N–H and O–H groups in total. The Labute approximate surface area is 197 Å². The van der Waals surface area contributed by atoms with Crippen LogP contribution in [-0.2, 0) is 19.6 Å². The first-order chi connectivity index (χ1) is 16.0. The number of fused-ring (bicyclic) bond motifs is 1. The number of imidazole rings is 1. The summed E-state index contributed by atoms with van der Waals surface area (Å²) < 4.78 is 1.95. The maximum absolute atomic E-state index is 12.6. The van der Waals surface area contributed by atoms with Gasteiger partial charge in [-0.25, -0.2) is 4.98 Å². The molecule has 3 heterocycles. The van der Waals surface area contributed by atoms with E-state index < -0.39 is 5.91 Å². The number of rotatable bonds is 10. The van der Waals surface area contributed by atoms with E-state index in [1.807, 2.05) is 48.0 Å². The predicted octanol–water partition coefficient (Wildman–Crippen LogP) is 4.12. The number of aryl methyl sites for hydroxylation is 1. The average Bonchev–Trinajstić information content (AvgIpc) is 3.33. The minimum Gasteiger partial charge on any atom is -0.346 e. The molecule has 1 aromatic carbocycles. The zero-order chi connectivity index (χ0) is 23.2. The van der Waals surface area contributed by atoms with Gasteiger partial charge in [0.05, 0.1) is 12.2 Å². The highest BCUT2D eigenvalue weighted by Gasteiger charge is 2.14. The maximum atomic E-state index is 12.6. The van der Waals surface area contributed by atoms with E-state index in [1.165, 1.54) is 10.4 Å². The minimum atomic E-state index is -0.401. The summed E-state index contributed by atoms with van der Waals surface area (Å²) in [5.74, 6) is -0.401. The number of H-pyrrole nitrogens is 1. The fourth-order valence-corrected chi connectivity index (χ4v) is 4.60. The summed E-state index contributed by atoms with van der Waals surface area (Å²) in [5, 5.41) is 2.80. The minimum absolute atomic E-state index is 0.110. The number of carbonyl (C=O) groups excluding carboxylic acids is 1. The maximum Gasteiger partial charge on any atom is 0.261 e. The molecule has 0 aliphatic heterocycles. The van der Waals surface area contributed by atoms with E-state index in [-0.39, 0.29) is 17.7 Å². The fraction of sp³-hybridized carbons (Fsp3) is 0.320. The van der Waals surface area contributed by atoms with E-state index >= 15 is 0 Å². The van der Waals surface area contributed by atoms with Crippen LogP contribution in [0.5, 0.6) is 0 Å². The van der Waals surface area contributed by atoms with Gasteiger partial charge in [-0.1, -0.05) is 43.7 Å². The number of aromatic nitrogens is 3. The van der Waals surface area contributed by atoms with Gasteiger partial charge in [-0.3, -0.25) is 18.9 Å². The number of nitrogens with zero attached hydrogens (tertiary/aromatic N) is 3. The Morgan fingerprint density at radius 3 is 2.70 bits per heavy atom. The van der Waals surface area contributed by atoms with E-state index in [4.69, 9.17) is 0 Å². The number of nitrogens with one attached hydrogen (secondary N) is 2. The van der Waals surface area contributed by atoms with Gasteiger partial charge in [0.1, 0.15) is 5.56 Å². The lowest BCUT2D eigenvalue weighted by Gasteiger charge is -2.22. The number of carbonyl (C=O) groups is 1. The molecule has 0 spiro atoms. The molecule has 0 atom stereocenters. The van der Waals surface area contributed by atoms with Gasteiger partial charge in [-0.2, -0.15) is 0 Å². The number of thiazole rings is 1. The van der Waals surface area contributed by atoms with Crippen molar-refractivity contribution in [1.29, 1.82) is 0 Å². The van der Waals surface area contributed by atoms with Crippen LogP contribution in [-0.4, -0.2) is 31.7 Å². The van der Waals surface area contributed by atoms with E-state index in [0.717, 1.165) is 42.3 Å². The Morgan fingerprint density at radius 1 is 1.15 bits per heavy atom. The van der Waals surface area contributed by atoms with Crippen LogP contribution in [0.15, 0.2) is 59.7 Å². The van der Waals surface area contributed by atoms with Crippen molar-refractivity contribution in [1.82, 2.24) is 24.6 Å². The van der Waals surface area contributed by atoms with Crippen molar-refractivity contribution < 1.29 is 4.79 Å². The average molecular weight is 464 g/mol. The lowest BCUT2D eigenvalue weighted by atomic mass is 10.2. The van der Waals surface area contributed by atoms with E-state index in [1.54, 1.807) is 17.4 Å². The summed E-state index contributed by atoms with van der Waals surface area (Å²) in [7, 11) is 0. The van der Waals surface area contributed by atoms with Crippen molar-refractivity contribution in [3.05, 3.63) is 92.6 Å². The molecule has 33 heavy (non-hydrogen) atoms. The van der Waals surface area contributed by atoms with E-state index in [0.29, 0.717) is 6.54 Å². The molecule has 4 aromatic rings. The smallest absolute Gasteiger partial charge is 0.261 e. The van der Waals surface area contributed by atoms with Crippen LogP contribution in [0.2, 0.25) is 0 Å². The highest BCUT2D eigenvalue weighted by molar-refractivity contribution is 7.16. The molecule has 0 bridgehead atoms. The Morgan fingerprint density at radius 2 is 1.97 bits per heavy atom. The van der Waals surface area contributed by atoms with Crippen molar-refractivity contribution in [2.75, 3.05) is 6.54 Å². The number of aromatic amines is 1. The molecule has 0 unspecified atom stereocenters. The van der Waals surface area contributed by atoms with Crippen LogP contribution in [0.3, 0.4) is 0 Å². The van der Waals surface area contributed by atoms with Gasteiger partial charge in [0, 0.05) is 36.1 Å². The van der Waals surface area contributed by atoms with Crippen LogP contribution in [0.4, 0.5) is 0 Å². The standard InChI is InChI=1S/C25H29N5O2S/c1-3-4-12-29(15-19-8-6-5-7-9-19)16-20-10-11-22(24(32)27-20)23(31)26-13-21-17-30-14-18(2)33-25(30)28-21/h5-11,14,17H,3-4,12-13,15-16H2,1-2H3,(H,26,31)(H,27,32). The van der Waals surface area contributed by atoms with Gasteiger partial charge in [0.25, 0.3) is 11.5 Å². The second kappa shape index (κ2) is 10.6. The summed E-state index contributed by atoms with van der Waals surface area (Å²) >= 11 is 1.60. The van der Waals surface area contributed by atoms with Crippen LogP contribution < -0.4 is 10.9 Å². The molecule has 0 radical (unpaired) electrons.